The van der Waals surface area contributed by atoms with Crippen LogP contribution in [-0.4, -0.2) is 51.1 Å². The molecular formula is C9H20S6. The minimum Gasteiger partial charge on any atom is -0.179 e. The van der Waals surface area contributed by atoms with Crippen molar-refractivity contribution in [2.24, 2.45) is 0 Å². The molecule has 0 aliphatic carbocycles. The maximum absolute atomic E-state index is 4.18. The van der Waals surface area contributed by atoms with Crippen LogP contribution in [0.25, 0.3) is 0 Å². The normalized spacial score (nSPS) is 10.8. The lowest BCUT2D eigenvalue weighted by Crippen LogP contribution is -1.93. The average molecular weight is 321 g/mol. The van der Waals surface area contributed by atoms with Gasteiger partial charge in [-0.05, 0) is 5.75 Å². The Kier molecular flexibility index (Phi) is 18.4. The van der Waals surface area contributed by atoms with Crippen LogP contribution >= 0.6 is 72.3 Å². The van der Waals surface area contributed by atoms with E-state index < -0.39 is 0 Å². The van der Waals surface area contributed by atoms with Gasteiger partial charge in [-0.2, -0.15) is 72.3 Å². The van der Waals surface area contributed by atoms with Gasteiger partial charge in [0.2, 0.25) is 0 Å². The maximum atomic E-state index is 4.18. The van der Waals surface area contributed by atoms with E-state index >= 15 is 0 Å². The molecular weight excluding hydrogens is 301 g/mol. The summed E-state index contributed by atoms with van der Waals surface area (Å²) in [6.45, 7) is 0. The van der Waals surface area contributed by atoms with E-state index in [9.17, 15) is 0 Å². The van der Waals surface area contributed by atoms with Crippen LogP contribution in [0.2, 0.25) is 0 Å². The fraction of sp³-hybridized carbons (Fsp3) is 1.00. The van der Waals surface area contributed by atoms with Crippen LogP contribution in [0.3, 0.4) is 0 Å². The summed E-state index contributed by atoms with van der Waals surface area (Å²) < 4.78 is 0. The van der Waals surface area contributed by atoms with Crippen LogP contribution in [0.5, 0.6) is 0 Å². The van der Waals surface area contributed by atoms with Gasteiger partial charge in [0, 0.05) is 45.4 Å². The molecule has 0 aromatic carbocycles. The minimum atomic E-state index is 0.956. The van der Waals surface area contributed by atoms with Gasteiger partial charge in [0.25, 0.3) is 0 Å². The van der Waals surface area contributed by atoms with Crippen molar-refractivity contribution in [3.8, 4) is 0 Å². The second kappa shape index (κ2) is 16.1. The summed E-state index contributed by atoms with van der Waals surface area (Å²) in [5.41, 5.74) is 0. The van der Waals surface area contributed by atoms with Crippen LogP contribution < -0.4 is 0 Å². The van der Waals surface area contributed by atoms with E-state index in [4.69, 9.17) is 0 Å². The zero-order valence-electron chi connectivity index (χ0n) is 8.89. The van der Waals surface area contributed by atoms with Crippen molar-refractivity contribution >= 4 is 72.3 Å². The van der Waals surface area contributed by atoms with Gasteiger partial charge in [0.1, 0.15) is 0 Å². The Morgan fingerprint density at radius 1 is 0.533 bits per heavy atom. The number of thiol groups is 2. The van der Waals surface area contributed by atoms with Crippen LogP contribution in [0.4, 0.5) is 0 Å². The van der Waals surface area contributed by atoms with Crippen molar-refractivity contribution in [1.29, 1.82) is 0 Å². The van der Waals surface area contributed by atoms with E-state index in [1.807, 2.05) is 23.5 Å². The molecule has 0 atom stereocenters. The smallest absolute Gasteiger partial charge is 0.0362 e. The summed E-state index contributed by atoms with van der Waals surface area (Å²) in [6, 6.07) is 0. The van der Waals surface area contributed by atoms with Crippen molar-refractivity contribution < 1.29 is 0 Å². The highest BCUT2D eigenvalue weighted by molar-refractivity contribution is 8.10. The molecule has 0 fully saturated rings. The number of rotatable bonds is 12. The predicted molar refractivity (Wildman–Crippen MR) is 92.1 cm³/mol. The largest absolute Gasteiger partial charge is 0.179 e. The maximum Gasteiger partial charge on any atom is 0.0362 e. The standard InChI is InChI=1S/C9H20S6/c10-1-2-12-3-4-13-5-6-14-7-8-15-9-11/h10-11H,1-9H2. The fourth-order valence-corrected chi connectivity index (χ4v) is 5.26. The Labute approximate surface area is 122 Å². The highest BCUT2D eigenvalue weighted by Crippen LogP contribution is 2.12. The molecule has 0 nitrogen and oxygen atoms in total. The fourth-order valence-electron chi connectivity index (χ4n) is 0.789. The predicted octanol–water partition coefficient (Wildman–Crippen LogP) is 3.74. The molecule has 6 heteroatoms. The zero-order valence-corrected chi connectivity index (χ0v) is 13.9. The van der Waals surface area contributed by atoms with Crippen molar-refractivity contribution in [2.75, 3.05) is 51.1 Å². The van der Waals surface area contributed by atoms with E-state index in [2.05, 4.69) is 48.8 Å². The van der Waals surface area contributed by atoms with Crippen molar-refractivity contribution in [3.05, 3.63) is 0 Å². The first-order chi connectivity index (χ1) is 7.41. The first kappa shape index (κ1) is 17.1. The van der Waals surface area contributed by atoms with Gasteiger partial charge in [-0.25, -0.2) is 0 Å². The SMILES string of the molecule is SCCSCCSCCSCCSCS. The summed E-state index contributed by atoms with van der Waals surface area (Å²) in [7, 11) is 0. The quantitative estimate of drug-likeness (QED) is 0.319. The van der Waals surface area contributed by atoms with Gasteiger partial charge >= 0.3 is 0 Å². The molecule has 92 valence electrons. The molecule has 0 rings (SSSR count). The Morgan fingerprint density at radius 2 is 0.933 bits per heavy atom. The van der Waals surface area contributed by atoms with Crippen LogP contribution in [0.1, 0.15) is 0 Å². The summed E-state index contributed by atoms with van der Waals surface area (Å²) >= 11 is 16.4. The number of thioether (sulfide) groups is 4. The Hall–Kier alpha value is 2.10. The van der Waals surface area contributed by atoms with E-state index in [1.54, 1.807) is 0 Å². The van der Waals surface area contributed by atoms with Gasteiger partial charge in [-0.15, -0.1) is 0 Å². The Morgan fingerprint density at radius 3 is 1.33 bits per heavy atom. The van der Waals surface area contributed by atoms with Gasteiger partial charge in [-0.3, -0.25) is 0 Å². The molecule has 0 saturated heterocycles. The molecule has 0 aliphatic heterocycles. The van der Waals surface area contributed by atoms with E-state index in [0.717, 1.165) is 10.8 Å². The van der Waals surface area contributed by atoms with E-state index in [-0.39, 0.29) is 0 Å². The first-order valence-corrected chi connectivity index (χ1v) is 10.8. The Bertz CT molecular complexity index is 98.8. The van der Waals surface area contributed by atoms with Crippen molar-refractivity contribution in [3.63, 3.8) is 0 Å². The third-order valence-corrected chi connectivity index (χ3v) is 6.92. The lowest BCUT2D eigenvalue weighted by molar-refractivity contribution is 1.45. The highest BCUT2D eigenvalue weighted by atomic mass is 32.2. The topological polar surface area (TPSA) is 0 Å². The third kappa shape index (κ3) is 16.1. The lowest BCUT2D eigenvalue weighted by atomic mass is 10.9. The molecule has 0 saturated carbocycles. The number of hydrogen-bond donors (Lipinski definition) is 2. The average Bonchev–Trinajstić information content (AvgIpc) is 2.26. The van der Waals surface area contributed by atoms with E-state index in [0.29, 0.717) is 0 Å². The third-order valence-electron chi connectivity index (χ3n) is 1.44. The van der Waals surface area contributed by atoms with Gasteiger partial charge in [0.05, 0.1) is 0 Å². The summed E-state index contributed by atoms with van der Waals surface area (Å²) in [5, 5.41) is 0.956. The molecule has 15 heavy (non-hydrogen) atoms. The molecule has 0 N–H and O–H groups in total. The monoisotopic (exact) mass is 320 g/mol. The molecule has 0 heterocycles. The zero-order chi connectivity index (χ0) is 11.2. The summed E-state index contributed by atoms with van der Waals surface area (Å²) in [5.74, 6) is 9.91. The van der Waals surface area contributed by atoms with Gasteiger partial charge in [0.15, 0.2) is 0 Å². The Balaban J connectivity index is 2.81. The molecule has 0 unspecified atom stereocenters. The molecule has 0 aromatic heterocycles. The van der Waals surface area contributed by atoms with Crippen molar-refractivity contribution in [2.45, 2.75) is 0 Å². The minimum absolute atomic E-state index is 0.956. The summed E-state index contributed by atoms with van der Waals surface area (Å²) in [6.07, 6.45) is 0. The second-order valence-corrected chi connectivity index (χ2v) is 8.57. The molecule has 0 bridgehead atoms. The van der Waals surface area contributed by atoms with Crippen molar-refractivity contribution in [1.82, 2.24) is 0 Å². The molecule has 0 aromatic rings. The van der Waals surface area contributed by atoms with Crippen LogP contribution in [-0.2, 0) is 0 Å². The van der Waals surface area contributed by atoms with Gasteiger partial charge in [-0.1, -0.05) is 0 Å². The molecule has 0 aliphatic rings. The van der Waals surface area contributed by atoms with Gasteiger partial charge < -0.3 is 0 Å². The van der Waals surface area contributed by atoms with Crippen LogP contribution in [0.15, 0.2) is 0 Å². The lowest BCUT2D eigenvalue weighted by Gasteiger charge is -2.01. The first-order valence-electron chi connectivity index (χ1n) is 4.94. The number of hydrogen-bond acceptors (Lipinski definition) is 6. The second-order valence-electron chi connectivity index (χ2n) is 2.60. The molecule has 0 amide bonds. The van der Waals surface area contributed by atoms with E-state index in [1.165, 1.54) is 40.3 Å². The molecule has 0 spiro atoms. The summed E-state index contributed by atoms with van der Waals surface area (Å²) in [4.78, 5) is 0. The highest BCUT2D eigenvalue weighted by Gasteiger charge is 1.92. The van der Waals surface area contributed by atoms with Crippen LogP contribution in [0, 0.1) is 0 Å². The molecule has 0 radical (unpaired) electrons.